The summed E-state index contributed by atoms with van der Waals surface area (Å²) in [5, 5.41) is 49.9. The number of allylic oxidation sites excluding steroid dienone is 4. The lowest BCUT2D eigenvalue weighted by molar-refractivity contribution is -0.220. The van der Waals surface area contributed by atoms with Crippen molar-refractivity contribution < 1.29 is 63.1 Å². The standard InChI is InChI=1S/C43H79O13P/c1-3-5-7-9-10-11-12-13-14-15-16-17-18-19-20-21-22-23-24-25-26-28-30-32-37(45)55-35(33-53-36(44)31-29-27-8-6-4-2)34-54-57(51,52)56-43-41(49)39(47)38(46)40(48)42(43)50/h12-13,15-16,35,38-43,46-50H,3-11,14,17-34H2,1-2H3,(H,51,52)/b13-12-,16-15-. The Morgan fingerprint density at radius 1 is 0.544 bits per heavy atom. The molecule has 13 nitrogen and oxygen atoms in total. The number of unbranched alkanes of at least 4 members (excludes halogenated alkanes) is 20. The van der Waals surface area contributed by atoms with Crippen molar-refractivity contribution in [2.45, 2.75) is 224 Å². The third-order valence-corrected chi connectivity index (χ3v) is 11.3. The van der Waals surface area contributed by atoms with Crippen LogP contribution in [0, 0.1) is 0 Å². The minimum absolute atomic E-state index is 0.0960. The molecule has 1 aliphatic rings. The van der Waals surface area contributed by atoms with Crippen LogP contribution in [0.1, 0.15) is 181 Å². The van der Waals surface area contributed by atoms with Crippen LogP contribution in [0.5, 0.6) is 0 Å². The van der Waals surface area contributed by atoms with Gasteiger partial charge in [-0.3, -0.25) is 18.6 Å². The Kier molecular flexibility index (Phi) is 31.9. The van der Waals surface area contributed by atoms with Crippen molar-refractivity contribution in [3.63, 3.8) is 0 Å². The summed E-state index contributed by atoms with van der Waals surface area (Å²) in [6, 6.07) is 0. The average Bonchev–Trinajstić information content (AvgIpc) is 3.19. The van der Waals surface area contributed by atoms with E-state index in [1.165, 1.54) is 77.0 Å². The molecule has 0 saturated heterocycles. The van der Waals surface area contributed by atoms with Crippen molar-refractivity contribution in [3.05, 3.63) is 24.3 Å². The van der Waals surface area contributed by atoms with Crippen molar-refractivity contribution in [1.82, 2.24) is 0 Å². The van der Waals surface area contributed by atoms with Gasteiger partial charge < -0.3 is 39.9 Å². The van der Waals surface area contributed by atoms with Crippen LogP contribution in [0.3, 0.4) is 0 Å². The van der Waals surface area contributed by atoms with Gasteiger partial charge >= 0.3 is 19.8 Å². The lowest BCUT2D eigenvalue weighted by Gasteiger charge is -2.41. The Bertz CT molecular complexity index is 1100. The average molecular weight is 835 g/mol. The lowest BCUT2D eigenvalue weighted by Crippen LogP contribution is -2.64. The van der Waals surface area contributed by atoms with Gasteiger partial charge in [-0.1, -0.05) is 147 Å². The SMILES string of the molecule is CCCCCCC/C=C\C/C=C\CCCCCCCCCCCCCC(=O)OC(COC(=O)CCCCCCC)COP(=O)(O)OC1C(O)C(O)C(O)C(O)C1O. The first-order chi connectivity index (χ1) is 27.4. The minimum atomic E-state index is -5.10. The van der Waals surface area contributed by atoms with Crippen LogP contribution < -0.4 is 0 Å². The summed E-state index contributed by atoms with van der Waals surface area (Å²) in [6.45, 7) is 3.17. The predicted octanol–water partition coefficient (Wildman–Crippen LogP) is 8.06. The van der Waals surface area contributed by atoms with E-state index in [0.29, 0.717) is 12.8 Å². The highest BCUT2D eigenvalue weighted by atomic mass is 31.2. The van der Waals surface area contributed by atoms with Crippen molar-refractivity contribution in [2.75, 3.05) is 13.2 Å². The van der Waals surface area contributed by atoms with E-state index in [-0.39, 0.29) is 12.8 Å². The van der Waals surface area contributed by atoms with E-state index in [2.05, 4.69) is 38.2 Å². The highest BCUT2D eigenvalue weighted by molar-refractivity contribution is 7.47. The van der Waals surface area contributed by atoms with Crippen molar-refractivity contribution in [3.8, 4) is 0 Å². The van der Waals surface area contributed by atoms with Gasteiger partial charge in [0, 0.05) is 12.8 Å². The second kappa shape index (κ2) is 34.1. The molecule has 1 rings (SSSR count). The molecule has 0 aromatic heterocycles. The Hall–Kier alpha value is -1.67. The van der Waals surface area contributed by atoms with E-state index >= 15 is 0 Å². The lowest BCUT2D eigenvalue weighted by atomic mass is 9.85. The normalized spacial score (nSPS) is 22.9. The number of phosphoric acid groups is 1. The summed E-state index contributed by atoms with van der Waals surface area (Å²) >= 11 is 0. The fraction of sp³-hybridized carbons (Fsp3) is 0.860. The first-order valence-electron chi connectivity index (χ1n) is 22.1. The van der Waals surface area contributed by atoms with E-state index < -0.39 is 75.7 Å². The van der Waals surface area contributed by atoms with Gasteiger partial charge in [0.05, 0.1) is 6.61 Å². The number of aliphatic hydroxyl groups excluding tert-OH is 5. The van der Waals surface area contributed by atoms with Crippen molar-refractivity contribution >= 4 is 19.8 Å². The summed E-state index contributed by atoms with van der Waals surface area (Å²) in [5.74, 6) is -1.11. The Morgan fingerprint density at radius 2 is 0.947 bits per heavy atom. The number of hydrogen-bond donors (Lipinski definition) is 6. The molecule has 57 heavy (non-hydrogen) atoms. The van der Waals surface area contributed by atoms with E-state index in [4.69, 9.17) is 18.5 Å². The number of hydrogen-bond acceptors (Lipinski definition) is 12. The molecule has 334 valence electrons. The Balaban J connectivity index is 2.31. The van der Waals surface area contributed by atoms with Gasteiger partial charge in [0.25, 0.3) is 0 Å². The van der Waals surface area contributed by atoms with Crippen molar-refractivity contribution in [1.29, 1.82) is 0 Å². The molecule has 0 bridgehead atoms. The van der Waals surface area contributed by atoms with Gasteiger partial charge in [0.1, 0.15) is 43.2 Å². The second-order valence-corrected chi connectivity index (χ2v) is 17.0. The molecule has 1 aliphatic carbocycles. The molecule has 6 N–H and O–H groups in total. The molecule has 6 unspecified atom stereocenters. The molecule has 0 aliphatic heterocycles. The maximum absolute atomic E-state index is 12.7. The smallest absolute Gasteiger partial charge is 0.462 e. The number of carbonyl (C=O) groups excluding carboxylic acids is 2. The van der Waals surface area contributed by atoms with Gasteiger partial charge in [0.15, 0.2) is 6.10 Å². The summed E-state index contributed by atoms with van der Waals surface area (Å²) in [4.78, 5) is 35.3. The molecule has 14 heteroatoms. The third kappa shape index (κ3) is 26.9. The van der Waals surface area contributed by atoms with Crippen molar-refractivity contribution in [2.24, 2.45) is 0 Å². The van der Waals surface area contributed by atoms with Crippen LogP contribution in [-0.4, -0.2) is 98.3 Å². The monoisotopic (exact) mass is 835 g/mol. The molecular formula is C43H79O13P. The molecule has 0 spiro atoms. The summed E-state index contributed by atoms with van der Waals surface area (Å²) in [5.41, 5.74) is 0. The van der Waals surface area contributed by atoms with Crippen LogP contribution >= 0.6 is 7.82 Å². The number of aliphatic hydroxyl groups is 5. The highest BCUT2D eigenvalue weighted by Gasteiger charge is 2.51. The Morgan fingerprint density at radius 3 is 1.42 bits per heavy atom. The summed E-state index contributed by atoms with van der Waals surface area (Å²) < 4.78 is 33.2. The molecule has 6 atom stereocenters. The largest absolute Gasteiger partial charge is 0.472 e. The summed E-state index contributed by atoms with van der Waals surface area (Å²) in [7, 11) is -5.10. The van der Waals surface area contributed by atoms with Crippen LogP contribution in [-0.2, 0) is 32.7 Å². The fourth-order valence-electron chi connectivity index (χ4n) is 6.67. The number of carbonyl (C=O) groups is 2. The summed E-state index contributed by atoms with van der Waals surface area (Å²) in [6.07, 6.45) is 23.1. The predicted molar refractivity (Wildman–Crippen MR) is 221 cm³/mol. The van der Waals surface area contributed by atoms with E-state index in [0.717, 1.165) is 64.2 Å². The van der Waals surface area contributed by atoms with Crippen LogP contribution in [0.4, 0.5) is 0 Å². The maximum Gasteiger partial charge on any atom is 0.472 e. The number of esters is 2. The number of ether oxygens (including phenoxy) is 2. The molecule has 0 aromatic carbocycles. The highest BCUT2D eigenvalue weighted by Crippen LogP contribution is 2.47. The topological polar surface area (TPSA) is 210 Å². The van der Waals surface area contributed by atoms with Crippen LogP contribution in [0.15, 0.2) is 24.3 Å². The van der Waals surface area contributed by atoms with E-state index in [1.54, 1.807) is 0 Å². The molecular weight excluding hydrogens is 755 g/mol. The molecule has 0 radical (unpaired) electrons. The van der Waals surface area contributed by atoms with Gasteiger partial charge in [0.2, 0.25) is 0 Å². The fourth-order valence-corrected chi connectivity index (χ4v) is 7.64. The minimum Gasteiger partial charge on any atom is -0.462 e. The zero-order valence-corrected chi connectivity index (χ0v) is 36.0. The number of rotatable bonds is 36. The van der Waals surface area contributed by atoms with Gasteiger partial charge in [-0.15, -0.1) is 0 Å². The molecule has 1 fully saturated rings. The molecule has 0 aromatic rings. The van der Waals surface area contributed by atoms with Crippen LogP contribution in [0.2, 0.25) is 0 Å². The van der Waals surface area contributed by atoms with Crippen LogP contribution in [0.25, 0.3) is 0 Å². The zero-order valence-electron chi connectivity index (χ0n) is 35.1. The molecule has 0 amide bonds. The first-order valence-corrected chi connectivity index (χ1v) is 23.6. The second-order valence-electron chi connectivity index (χ2n) is 15.6. The third-order valence-electron chi connectivity index (χ3n) is 10.3. The Labute approximate surface area is 343 Å². The molecule has 0 heterocycles. The van der Waals surface area contributed by atoms with Gasteiger partial charge in [-0.05, 0) is 44.9 Å². The van der Waals surface area contributed by atoms with Gasteiger partial charge in [-0.25, -0.2) is 4.57 Å². The quantitative estimate of drug-likeness (QED) is 0.0153. The first kappa shape index (κ1) is 53.3. The van der Waals surface area contributed by atoms with E-state index in [9.17, 15) is 44.6 Å². The number of phosphoric ester groups is 1. The van der Waals surface area contributed by atoms with Gasteiger partial charge in [-0.2, -0.15) is 0 Å². The zero-order chi connectivity index (χ0) is 42.2. The maximum atomic E-state index is 12.7. The molecule has 1 saturated carbocycles. The van der Waals surface area contributed by atoms with E-state index in [1.807, 2.05) is 0 Å².